The standard InChI is InChI=1S/C18H18ClN5O3/c19-16-4-2-1-3-14(16)10-27-11-15(25)9-24-22-18(21-23-24)13-7-5-12(6-8-13)17(20)26/h1-8,15,25H,9-11H2,(H2,20,26)/t15-/m1/s1. The molecule has 1 amide bonds. The molecule has 27 heavy (non-hydrogen) atoms. The van der Waals surface area contributed by atoms with Crippen LogP contribution in [0.25, 0.3) is 11.4 Å². The summed E-state index contributed by atoms with van der Waals surface area (Å²) in [5, 5.41) is 22.8. The number of carbonyl (C=O) groups is 1. The number of tetrazole rings is 1. The molecule has 0 radical (unpaired) electrons. The summed E-state index contributed by atoms with van der Waals surface area (Å²) in [5.74, 6) is -0.117. The lowest BCUT2D eigenvalue weighted by molar-refractivity contribution is 0.0165. The van der Waals surface area contributed by atoms with Gasteiger partial charge in [-0.15, -0.1) is 10.2 Å². The summed E-state index contributed by atoms with van der Waals surface area (Å²) in [6.07, 6.45) is -0.799. The lowest BCUT2D eigenvalue weighted by Gasteiger charge is -2.11. The van der Waals surface area contributed by atoms with Crippen molar-refractivity contribution in [3.8, 4) is 11.4 Å². The highest BCUT2D eigenvalue weighted by molar-refractivity contribution is 6.31. The van der Waals surface area contributed by atoms with Crippen LogP contribution in [0.4, 0.5) is 0 Å². The van der Waals surface area contributed by atoms with Gasteiger partial charge in [0.1, 0.15) is 0 Å². The Morgan fingerprint density at radius 1 is 1.22 bits per heavy atom. The number of rotatable bonds is 8. The van der Waals surface area contributed by atoms with E-state index in [0.29, 0.717) is 28.6 Å². The van der Waals surface area contributed by atoms with Crippen LogP contribution in [0, 0.1) is 0 Å². The summed E-state index contributed by atoms with van der Waals surface area (Å²) < 4.78 is 5.49. The van der Waals surface area contributed by atoms with E-state index in [0.717, 1.165) is 5.56 Å². The Morgan fingerprint density at radius 3 is 2.67 bits per heavy atom. The van der Waals surface area contributed by atoms with Gasteiger partial charge in [-0.1, -0.05) is 41.9 Å². The maximum atomic E-state index is 11.1. The van der Waals surface area contributed by atoms with Crippen molar-refractivity contribution >= 4 is 17.5 Å². The first kappa shape index (κ1) is 19.0. The zero-order valence-corrected chi connectivity index (χ0v) is 15.1. The second kappa shape index (κ2) is 8.72. The van der Waals surface area contributed by atoms with Crippen LogP contribution in [0.5, 0.6) is 0 Å². The van der Waals surface area contributed by atoms with Crippen molar-refractivity contribution in [2.45, 2.75) is 19.3 Å². The normalized spacial score (nSPS) is 12.1. The number of nitrogens with two attached hydrogens (primary N) is 1. The Hall–Kier alpha value is -2.81. The van der Waals surface area contributed by atoms with Crippen molar-refractivity contribution in [1.82, 2.24) is 20.2 Å². The van der Waals surface area contributed by atoms with Gasteiger partial charge >= 0.3 is 0 Å². The van der Waals surface area contributed by atoms with E-state index in [2.05, 4.69) is 15.4 Å². The molecule has 1 aromatic heterocycles. The average Bonchev–Trinajstić information content (AvgIpc) is 3.12. The van der Waals surface area contributed by atoms with Gasteiger partial charge < -0.3 is 15.6 Å². The van der Waals surface area contributed by atoms with E-state index in [-0.39, 0.29) is 13.2 Å². The van der Waals surface area contributed by atoms with Crippen molar-refractivity contribution < 1.29 is 14.6 Å². The number of carbonyl (C=O) groups excluding carboxylic acids is 1. The minimum absolute atomic E-state index is 0.107. The lowest BCUT2D eigenvalue weighted by atomic mass is 10.1. The SMILES string of the molecule is NC(=O)c1ccc(-c2nnn(C[C@@H](O)COCc3ccccc3Cl)n2)cc1. The summed E-state index contributed by atoms with van der Waals surface area (Å²) >= 11 is 6.06. The molecule has 3 rings (SSSR count). The Bertz CT molecular complexity index is 913. The van der Waals surface area contributed by atoms with E-state index < -0.39 is 12.0 Å². The molecule has 0 aliphatic heterocycles. The van der Waals surface area contributed by atoms with Crippen LogP contribution in [0.3, 0.4) is 0 Å². The quantitative estimate of drug-likeness (QED) is 0.607. The molecule has 0 bridgehead atoms. The van der Waals surface area contributed by atoms with Crippen LogP contribution in [0.2, 0.25) is 5.02 Å². The number of aliphatic hydroxyl groups excluding tert-OH is 1. The van der Waals surface area contributed by atoms with Crippen molar-refractivity contribution in [2.24, 2.45) is 5.73 Å². The van der Waals surface area contributed by atoms with Gasteiger partial charge in [-0.2, -0.15) is 4.80 Å². The van der Waals surface area contributed by atoms with Crippen molar-refractivity contribution in [1.29, 1.82) is 0 Å². The van der Waals surface area contributed by atoms with Crippen molar-refractivity contribution in [3.05, 3.63) is 64.7 Å². The molecule has 2 aromatic carbocycles. The van der Waals surface area contributed by atoms with Crippen molar-refractivity contribution in [2.75, 3.05) is 6.61 Å². The van der Waals surface area contributed by atoms with Gasteiger partial charge in [0.25, 0.3) is 0 Å². The average molecular weight is 388 g/mol. The molecule has 0 unspecified atom stereocenters. The van der Waals surface area contributed by atoms with Crippen LogP contribution in [-0.2, 0) is 17.9 Å². The molecule has 1 atom stereocenters. The summed E-state index contributed by atoms with van der Waals surface area (Å²) in [4.78, 5) is 12.4. The Morgan fingerprint density at radius 2 is 1.96 bits per heavy atom. The minimum Gasteiger partial charge on any atom is -0.389 e. The molecule has 1 heterocycles. The highest BCUT2D eigenvalue weighted by Gasteiger charge is 2.11. The fraction of sp³-hybridized carbons (Fsp3) is 0.222. The number of aliphatic hydroxyl groups is 1. The number of amides is 1. The monoisotopic (exact) mass is 387 g/mol. The zero-order valence-electron chi connectivity index (χ0n) is 14.3. The van der Waals surface area contributed by atoms with Crippen LogP contribution in [0.1, 0.15) is 15.9 Å². The second-order valence-corrected chi connectivity index (χ2v) is 6.28. The topological polar surface area (TPSA) is 116 Å². The highest BCUT2D eigenvalue weighted by Crippen LogP contribution is 2.16. The molecule has 3 N–H and O–H groups in total. The molecule has 0 saturated carbocycles. The lowest BCUT2D eigenvalue weighted by Crippen LogP contribution is -2.23. The van der Waals surface area contributed by atoms with E-state index in [1.807, 2.05) is 18.2 Å². The molecule has 0 fully saturated rings. The molecule has 0 saturated heterocycles. The zero-order chi connectivity index (χ0) is 19.2. The Labute approximate surface area is 160 Å². The molecular formula is C18H18ClN5O3. The van der Waals surface area contributed by atoms with E-state index in [9.17, 15) is 9.90 Å². The number of hydrogen-bond acceptors (Lipinski definition) is 6. The highest BCUT2D eigenvalue weighted by atomic mass is 35.5. The van der Waals surface area contributed by atoms with Gasteiger partial charge in [0.2, 0.25) is 11.7 Å². The number of ether oxygens (including phenoxy) is 1. The van der Waals surface area contributed by atoms with Crippen LogP contribution in [0.15, 0.2) is 48.5 Å². The first-order chi connectivity index (χ1) is 13.0. The van der Waals surface area contributed by atoms with Gasteiger partial charge in [-0.3, -0.25) is 4.79 Å². The number of nitrogens with zero attached hydrogens (tertiary/aromatic N) is 4. The summed E-state index contributed by atoms with van der Waals surface area (Å²) in [6, 6.07) is 13.9. The molecule has 8 nitrogen and oxygen atoms in total. The number of aromatic nitrogens is 4. The maximum absolute atomic E-state index is 11.1. The van der Waals surface area contributed by atoms with Gasteiger partial charge in [0.05, 0.1) is 25.9 Å². The fourth-order valence-electron chi connectivity index (χ4n) is 2.38. The summed E-state index contributed by atoms with van der Waals surface area (Å²) in [7, 11) is 0. The van der Waals surface area contributed by atoms with Crippen LogP contribution >= 0.6 is 11.6 Å². The Balaban J connectivity index is 1.52. The second-order valence-electron chi connectivity index (χ2n) is 5.87. The van der Waals surface area contributed by atoms with Crippen molar-refractivity contribution in [3.63, 3.8) is 0 Å². The number of halogens is 1. The fourth-order valence-corrected chi connectivity index (χ4v) is 2.57. The molecule has 0 aliphatic carbocycles. The van der Waals surface area contributed by atoms with Gasteiger partial charge in [0, 0.05) is 16.1 Å². The first-order valence-electron chi connectivity index (χ1n) is 8.20. The van der Waals surface area contributed by atoms with E-state index in [1.54, 1.807) is 30.3 Å². The van der Waals surface area contributed by atoms with E-state index in [4.69, 9.17) is 22.1 Å². The van der Waals surface area contributed by atoms with Crippen LogP contribution in [-0.4, -0.2) is 43.9 Å². The third kappa shape index (κ3) is 5.10. The molecule has 0 spiro atoms. The van der Waals surface area contributed by atoms with Crippen LogP contribution < -0.4 is 5.73 Å². The summed E-state index contributed by atoms with van der Waals surface area (Å²) in [6.45, 7) is 0.545. The number of primary amides is 1. The molecule has 9 heteroatoms. The third-order valence-corrected chi connectivity index (χ3v) is 4.15. The number of benzene rings is 2. The first-order valence-corrected chi connectivity index (χ1v) is 8.58. The smallest absolute Gasteiger partial charge is 0.248 e. The molecular weight excluding hydrogens is 370 g/mol. The predicted molar refractivity (Wildman–Crippen MR) is 98.9 cm³/mol. The molecule has 140 valence electrons. The minimum atomic E-state index is -0.799. The van der Waals surface area contributed by atoms with Gasteiger partial charge in [-0.25, -0.2) is 0 Å². The third-order valence-electron chi connectivity index (χ3n) is 3.78. The van der Waals surface area contributed by atoms with E-state index in [1.165, 1.54) is 4.80 Å². The van der Waals surface area contributed by atoms with Gasteiger partial charge in [-0.05, 0) is 29.0 Å². The molecule has 3 aromatic rings. The maximum Gasteiger partial charge on any atom is 0.248 e. The Kier molecular flexibility index (Phi) is 6.12. The van der Waals surface area contributed by atoms with Gasteiger partial charge in [0.15, 0.2) is 0 Å². The molecule has 0 aliphatic rings. The summed E-state index contributed by atoms with van der Waals surface area (Å²) in [5.41, 5.74) is 7.16. The largest absolute Gasteiger partial charge is 0.389 e. The van der Waals surface area contributed by atoms with E-state index >= 15 is 0 Å². The number of hydrogen-bond donors (Lipinski definition) is 2. The predicted octanol–water partition coefficient (Wildman–Crippen LogP) is 1.67.